The second-order valence-electron chi connectivity index (χ2n) is 6.80. The highest BCUT2D eigenvalue weighted by atomic mass is 15.3. The van der Waals surface area contributed by atoms with Crippen LogP contribution >= 0.6 is 0 Å². The zero-order valence-corrected chi connectivity index (χ0v) is 15.5. The van der Waals surface area contributed by atoms with E-state index in [4.69, 9.17) is 9.97 Å². The van der Waals surface area contributed by atoms with E-state index < -0.39 is 0 Å². The van der Waals surface area contributed by atoms with E-state index in [0.717, 1.165) is 49.2 Å². The number of pyridine rings is 1. The van der Waals surface area contributed by atoms with E-state index in [-0.39, 0.29) is 0 Å². The summed E-state index contributed by atoms with van der Waals surface area (Å²) >= 11 is 0. The fraction of sp³-hybridized carbons (Fsp3) is 0.286. The average molecular weight is 360 g/mol. The second kappa shape index (κ2) is 8.14. The lowest BCUT2D eigenvalue weighted by atomic mass is 10.1. The predicted octanol–water partition coefficient (Wildman–Crippen LogP) is 2.90. The van der Waals surface area contributed by atoms with Crippen molar-refractivity contribution in [3.63, 3.8) is 0 Å². The first-order valence-corrected chi connectivity index (χ1v) is 9.29. The number of rotatable bonds is 5. The van der Waals surface area contributed by atoms with Crippen LogP contribution in [0.1, 0.15) is 5.56 Å². The van der Waals surface area contributed by atoms with E-state index in [1.165, 1.54) is 5.56 Å². The topological polar surface area (TPSA) is 57.2 Å². The average Bonchev–Trinajstić information content (AvgIpc) is 2.74. The summed E-state index contributed by atoms with van der Waals surface area (Å²) in [6.45, 7) is 4.64. The smallest absolute Gasteiger partial charge is 0.227 e. The maximum Gasteiger partial charge on any atom is 0.227 e. The fourth-order valence-electron chi connectivity index (χ4n) is 3.12. The number of nitrogens with one attached hydrogen (secondary N) is 1. The van der Waals surface area contributed by atoms with Crippen LogP contribution in [0.25, 0.3) is 11.3 Å². The summed E-state index contributed by atoms with van der Waals surface area (Å²) in [7, 11) is 2.15. The third kappa shape index (κ3) is 4.41. The zero-order chi connectivity index (χ0) is 18.5. The standard InChI is InChI=1S/C21H24N6/c1-26-11-13-27(14-12-26)21-24-19(18-5-3-2-4-6-18)15-20(25-21)23-16-17-7-9-22-10-8-17/h2-10,15H,11-14,16H2,1H3,(H,23,24,25). The SMILES string of the molecule is CN1CCN(c2nc(NCc3ccncc3)cc(-c3ccccc3)n2)CC1. The van der Waals surface area contributed by atoms with Gasteiger partial charge in [0.2, 0.25) is 5.95 Å². The van der Waals surface area contributed by atoms with E-state index in [9.17, 15) is 0 Å². The van der Waals surface area contributed by atoms with Gasteiger partial charge in [0.15, 0.2) is 0 Å². The quantitative estimate of drug-likeness (QED) is 0.755. The van der Waals surface area contributed by atoms with Crippen molar-refractivity contribution < 1.29 is 0 Å². The van der Waals surface area contributed by atoms with Crippen LogP contribution in [0.3, 0.4) is 0 Å². The van der Waals surface area contributed by atoms with Gasteiger partial charge in [-0.15, -0.1) is 0 Å². The van der Waals surface area contributed by atoms with Gasteiger partial charge in [0.05, 0.1) is 5.69 Å². The Morgan fingerprint density at radius 1 is 0.926 bits per heavy atom. The lowest BCUT2D eigenvalue weighted by Crippen LogP contribution is -2.45. The van der Waals surface area contributed by atoms with Gasteiger partial charge in [-0.1, -0.05) is 30.3 Å². The molecule has 0 amide bonds. The Hall–Kier alpha value is -2.99. The van der Waals surface area contributed by atoms with E-state index in [1.807, 2.05) is 48.8 Å². The number of aromatic nitrogens is 3. The predicted molar refractivity (Wildman–Crippen MR) is 109 cm³/mol. The van der Waals surface area contributed by atoms with Gasteiger partial charge in [-0.2, -0.15) is 4.98 Å². The van der Waals surface area contributed by atoms with Gasteiger partial charge in [0, 0.05) is 56.7 Å². The number of nitrogens with zero attached hydrogens (tertiary/aromatic N) is 5. The number of piperazine rings is 1. The van der Waals surface area contributed by atoms with Gasteiger partial charge < -0.3 is 15.1 Å². The van der Waals surface area contributed by atoms with Crippen molar-refractivity contribution >= 4 is 11.8 Å². The molecule has 0 radical (unpaired) electrons. The molecule has 4 rings (SSSR count). The first-order valence-electron chi connectivity index (χ1n) is 9.29. The molecule has 27 heavy (non-hydrogen) atoms. The van der Waals surface area contributed by atoms with Crippen molar-refractivity contribution in [1.82, 2.24) is 19.9 Å². The molecule has 138 valence electrons. The Kier molecular flexibility index (Phi) is 5.25. The summed E-state index contributed by atoms with van der Waals surface area (Å²) in [5.74, 6) is 1.64. The summed E-state index contributed by atoms with van der Waals surface area (Å²) in [6.07, 6.45) is 3.62. The molecule has 1 aliphatic heterocycles. The van der Waals surface area contributed by atoms with E-state index >= 15 is 0 Å². The Morgan fingerprint density at radius 2 is 1.67 bits per heavy atom. The summed E-state index contributed by atoms with van der Waals surface area (Å²) in [5.41, 5.74) is 3.21. The third-order valence-electron chi connectivity index (χ3n) is 4.79. The molecule has 2 aromatic heterocycles. The second-order valence-corrected chi connectivity index (χ2v) is 6.80. The minimum Gasteiger partial charge on any atom is -0.366 e. The fourth-order valence-corrected chi connectivity index (χ4v) is 3.12. The largest absolute Gasteiger partial charge is 0.366 e. The number of hydrogen-bond donors (Lipinski definition) is 1. The van der Waals surface area contributed by atoms with Crippen molar-refractivity contribution in [2.75, 3.05) is 43.4 Å². The summed E-state index contributed by atoms with van der Waals surface area (Å²) in [4.78, 5) is 18.3. The van der Waals surface area contributed by atoms with E-state index in [2.05, 4.69) is 39.3 Å². The normalized spacial score (nSPS) is 14.9. The Labute approximate surface area is 159 Å². The summed E-state index contributed by atoms with van der Waals surface area (Å²) in [5, 5.41) is 3.44. The lowest BCUT2D eigenvalue weighted by molar-refractivity contribution is 0.311. The maximum absolute atomic E-state index is 4.85. The molecule has 0 unspecified atom stereocenters. The highest BCUT2D eigenvalue weighted by molar-refractivity contribution is 5.64. The molecule has 1 N–H and O–H groups in total. The van der Waals surface area contributed by atoms with Crippen LogP contribution in [0.4, 0.5) is 11.8 Å². The molecular formula is C21H24N6. The van der Waals surface area contributed by atoms with Crippen LogP contribution in [0, 0.1) is 0 Å². The van der Waals surface area contributed by atoms with Gasteiger partial charge >= 0.3 is 0 Å². The minimum absolute atomic E-state index is 0.704. The molecule has 1 fully saturated rings. The number of benzene rings is 1. The van der Waals surface area contributed by atoms with Crippen LogP contribution in [-0.4, -0.2) is 53.1 Å². The van der Waals surface area contributed by atoms with Crippen LogP contribution in [0.15, 0.2) is 60.9 Å². The number of likely N-dealkylation sites (N-methyl/N-ethyl adjacent to an activating group) is 1. The summed E-state index contributed by atoms with van der Waals surface area (Å²) < 4.78 is 0. The monoisotopic (exact) mass is 360 g/mol. The molecule has 0 atom stereocenters. The minimum atomic E-state index is 0.704. The molecule has 0 bridgehead atoms. The molecular weight excluding hydrogens is 336 g/mol. The Bertz CT molecular complexity index is 860. The van der Waals surface area contributed by atoms with Gasteiger partial charge in [-0.05, 0) is 24.7 Å². The lowest BCUT2D eigenvalue weighted by Gasteiger charge is -2.32. The van der Waals surface area contributed by atoms with Gasteiger partial charge in [-0.25, -0.2) is 4.98 Å². The number of hydrogen-bond acceptors (Lipinski definition) is 6. The highest BCUT2D eigenvalue weighted by Crippen LogP contribution is 2.23. The van der Waals surface area contributed by atoms with E-state index in [0.29, 0.717) is 6.54 Å². The molecule has 6 heteroatoms. The Balaban J connectivity index is 1.62. The molecule has 0 aliphatic carbocycles. The molecule has 3 heterocycles. The van der Waals surface area contributed by atoms with Crippen LogP contribution < -0.4 is 10.2 Å². The van der Waals surface area contributed by atoms with E-state index in [1.54, 1.807) is 0 Å². The molecule has 1 aliphatic rings. The molecule has 1 aromatic carbocycles. The first kappa shape index (κ1) is 17.4. The molecule has 6 nitrogen and oxygen atoms in total. The zero-order valence-electron chi connectivity index (χ0n) is 15.5. The Morgan fingerprint density at radius 3 is 2.41 bits per heavy atom. The highest BCUT2D eigenvalue weighted by Gasteiger charge is 2.18. The van der Waals surface area contributed by atoms with Crippen molar-refractivity contribution in [3.05, 3.63) is 66.5 Å². The van der Waals surface area contributed by atoms with Crippen molar-refractivity contribution in [2.24, 2.45) is 0 Å². The van der Waals surface area contributed by atoms with Gasteiger partial charge in [0.25, 0.3) is 0 Å². The summed E-state index contributed by atoms with van der Waals surface area (Å²) in [6, 6.07) is 16.3. The molecule has 3 aromatic rings. The van der Waals surface area contributed by atoms with Crippen molar-refractivity contribution in [1.29, 1.82) is 0 Å². The third-order valence-corrected chi connectivity index (χ3v) is 4.79. The number of anilines is 2. The van der Waals surface area contributed by atoms with Crippen LogP contribution in [0.5, 0.6) is 0 Å². The van der Waals surface area contributed by atoms with Gasteiger partial charge in [0.1, 0.15) is 5.82 Å². The van der Waals surface area contributed by atoms with Crippen molar-refractivity contribution in [3.8, 4) is 11.3 Å². The maximum atomic E-state index is 4.85. The van der Waals surface area contributed by atoms with Crippen LogP contribution in [-0.2, 0) is 6.54 Å². The first-order chi connectivity index (χ1) is 13.3. The molecule has 0 spiro atoms. The molecule has 1 saturated heterocycles. The van der Waals surface area contributed by atoms with Crippen LogP contribution in [0.2, 0.25) is 0 Å². The van der Waals surface area contributed by atoms with Gasteiger partial charge in [-0.3, -0.25) is 4.98 Å². The molecule has 0 saturated carbocycles. The van der Waals surface area contributed by atoms with Crippen molar-refractivity contribution in [2.45, 2.75) is 6.54 Å².